The molecular weight excluding hydrogens is 865 g/mol. The van der Waals surface area contributed by atoms with Gasteiger partial charge in [-0.2, -0.15) is 0 Å². The van der Waals surface area contributed by atoms with Gasteiger partial charge in [0.05, 0.1) is 0 Å². The number of hydrogen-bond donors (Lipinski definition) is 0. The number of carbonyl (C=O) groups is 3. The Morgan fingerprint density at radius 3 is 0.886 bits per heavy atom. The second kappa shape index (κ2) is 58.7. The maximum absolute atomic E-state index is 12.8. The summed E-state index contributed by atoms with van der Waals surface area (Å²) in [4.78, 5) is 38.0. The van der Waals surface area contributed by atoms with E-state index in [9.17, 15) is 14.4 Å². The average molecular weight is 980 g/mol. The van der Waals surface area contributed by atoms with Gasteiger partial charge in [-0.25, -0.2) is 0 Å². The van der Waals surface area contributed by atoms with E-state index in [0.717, 1.165) is 83.5 Å². The van der Waals surface area contributed by atoms with Crippen LogP contribution in [0.25, 0.3) is 0 Å². The van der Waals surface area contributed by atoms with Crippen molar-refractivity contribution in [2.24, 2.45) is 0 Å². The highest BCUT2D eigenvalue weighted by Crippen LogP contribution is 2.16. The third-order valence-electron chi connectivity index (χ3n) is 13.3. The zero-order valence-electron chi connectivity index (χ0n) is 46.5. The zero-order valence-corrected chi connectivity index (χ0v) is 46.5. The van der Waals surface area contributed by atoms with Gasteiger partial charge in [-0.15, -0.1) is 0 Å². The highest BCUT2D eigenvalue weighted by molar-refractivity contribution is 5.71. The fraction of sp³-hybridized carbons (Fsp3) is 0.797. The van der Waals surface area contributed by atoms with Gasteiger partial charge in [0.15, 0.2) is 6.10 Å². The Kier molecular flexibility index (Phi) is 56.3. The van der Waals surface area contributed by atoms with Crippen LogP contribution in [0.5, 0.6) is 0 Å². The largest absolute Gasteiger partial charge is 0.462 e. The number of rotatable bonds is 55. The maximum Gasteiger partial charge on any atom is 0.306 e. The average Bonchev–Trinajstić information content (AvgIpc) is 3.36. The van der Waals surface area contributed by atoms with Crippen LogP contribution in [-0.4, -0.2) is 37.2 Å². The molecular formula is C64H114O6. The fourth-order valence-electron chi connectivity index (χ4n) is 8.72. The zero-order chi connectivity index (χ0) is 50.7. The summed E-state index contributed by atoms with van der Waals surface area (Å²) in [5, 5.41) is 0. The van der Waals surface area contributed by atoms with E-state index < -0.39 is 6.10 Å². The lowest BCUT2D eigenvalue weighted by molar-refractivity contribution is -0.167. The van der Waals surface area contributed by atoms with Crippen LogP contribution < -0.4 is 0 Å². The first-order chi connectivity index (χ1) is 34.5. The summed E-state index contributed by atoms with van der Waals surface area (Å²) in [5.74, 6) is -0.871. The fourth-order valence-corrected chi connectivity index (χ4v) is 8.72. The Bertz CT molecular complexity index is 1260. The summed E-state index contributed by atoms with van der Waals surface area (Å²) in [5.41, 5.74) is 0. The van der Waals surface area contributed by atoms with Crippen molar-refractivity contribution in [3.8, 4) is 0 Å². The number of esters is 3. The summed E-state index contributed by atoms with van der Waals surface area (Å²) in [6.07, 6.45) is 73.9. The predicted molar refractivity (Wildman–Crippen MR) is 302 cm³/mol. The smallest absolute Gasteiger partial charge is 0.306 e. The Balaban J connectivity index is 4.11. The molecule has 1 atom stereocenters. The maximum atomic E-state index is 12.8. The van der Waals surface area contributed by atoms with Gasteiger partial charge in [-0.1, -0.05) is 268 Å². The van der Waals surface area contributed by atoms with Crippen molar-refractivity contribution in [1.82, 2.24) is 0 Å². The van der Waals surface area contributed by atoms with Crippen molar-refractivity contribution in [2.45, 2.75) is 316 Å². The molecule has 406 valence electrons. The lowest BCUT2D eigenvalue weighted by Gasteiger charge is -2.18. The minimum absolute atomic E-state index is 0.0730. The molecule has 0 aromatic heterocycles. The summed E-state index contributed by atoms with van der Waals surface area (Å²) in [7, 11) is 0. The molecule has 70 heavy (non-hydrogen) atoms. The molecule has 0 aromatic carbocycles. The normalized spacial score (nSPS) is 12.4. The Morgan fingerprint density at radius 1 is 0.300 bits per heavy atom. The van der Waals surface area contributed by atoms with E-state index in [4.69, 9.17) is 14.2 Å². The van der Waals surface area contributed by atoms with Crippen LogP contribution in [0.3, 0.4) is 0 Å². The van der Waals surface area contributed by atoms with Crippen molar-refractivity contribution < 1.29 is 28.6 Å². The molecule has 0 rings (SSSR count). The second-order valence-corrected chi connectivity index (χ2v) is 20.2. The van der Waals surface area contributed by atoms with Gasteiger partial charge in [0, 0.05) is 19.3 Å². The molecule has 6 nitrogen and oxygen atoms in total. The SMILES string of the molecule is CC/C=C\C/C=C\C/C=C\C/C=C\CCCCCCCCCCCCCCCCC(=O)OCC(COC(=O)CCCCCCCCC)OC(=O)CCCCCCCCC/C=C\CCCCCCCCC. The van der Waals surface area contributed by atoms with Gasteiger partial charge in [-0.05, 0) is 83.5 Å². The minimum atomic E-state index is -0.772. The summed E-state index contributed by atoms with van der Waals surface area (Å²) >= 11 is 0. The van der Waals surface area contributed by atoms with Crippen LogP contribution in [-0.2, 0) is 28.6 Å². The molecule has 0 N–H and O–H groups in total. The molecule has 0 saturated heterocycles. The molecule has 0 aliphatic rings. The van der Waals surface area contributed by atoms with Crippen LogP contribution in [0, 0.1) is 0 Å². The van der Waals surface area contributed by atoms with Gasteiger partial charge in [0.25, 0.3) is 0 Å². The molecule has 0 radical (unpaired) electrons. The molecule has 1 unspecified atom stereocenters. The van der Waals surface area contributed by atoms with Gasteiger partial charge in [0.1, 0.15) is 13.2 Å². The first-order valence-corrected chi connectivity index (χ1v) is 30.3. The summed E-state index contributed by atoms with van der Waals surface area (Å²) in [6, 6.07) is 0. The van der Waals surface area contributed by atoms with E-state index >= 15 is 0 Å². The van der Waals surface area contributed by atoms with Gasteiger partial charge < -0.3 is 14.2 Å². The molecule has 0 aromatic rings. The first-order valence-electron chi connectivity index (χ1n) is 30.3. The van der Waals surface area contributed by atoms with Gasteiger partial charge in [0.2, 0.25) is 0 Å². The Hall–Kier alpha value is -2.89. The van der Waals surface area contributed by atoms with E-state index in [0.29, 0.717) is 19.3 Å². The van der Waals surface area contributed by atoms with Crippen LogP contribution in [0.1, 0.15) is 310 Å². The molecule has 0 fully saturated rings. The summed E-state index contributed by atoms with van der Waals surface area (Å²) < 4.78 is 16.8. The quantitative estimate of drug-likeness (QED) is 0.0261. The van der Waals surface area contributed by atoms with Crippen LogP contribution in [0.4, 0.5) is 0 Å². The molecule has 0 saturated carbocycles. The standard InChI is InChI=1S/C64H114O6/c1-4-7-10-13-16-18-20-22-24-26-28-29-30-31-32-33-34-35-36-38-39-41-43-45-48-51-54-57-63(66)69-60-61(59-68-62(65)56-53-50-47-15-12-9-6-3)70-64(67)58-55-52-49-46-44-42-40-37-27-25-23-21-19-17-14-11-8-5-2/h7,10,16,18,22,24-25,27-29,61H,4-6,8-9,11-15,17,19-21,23,26,30-60H2,1-3H3/b10-7-,18-16-,24-22-,27-25-,29-28-. The van der Waals surface area contributed by atoms with Crippen molar-refractivity contribution in [3.05, 3.63) is 60.8 Å². The van der Waals surface area contributed by atoms with Gasteiger partial charge >= 0.3 is 17.9 Å². The van der Waals surface area contributed by atoms with E-state index in [1.165, 1.54) is 186 Å². The number of ether oxygens (including phenoxy) is 3. The molecule has 0 heterocycles. The molecule has 0 amide bonds. The first kappa shape index (κ1) is 67.1. The minimum Gasteiger partial charge on any atom is -0.462 e. The van der Waals surface area contributed by atoms with Crippen LogP contribution >= 0.6 is 0 Å². The Morgan fingerprint density at radius 2 is 0.557 bits per heavy atom. The number of hydrogen-bond acceptors (Lipinski definition) is 6. The lowest BCUT2D eigenvalue weighted by atomic mass is 10.0. The van der Waals surface area contributed by atoms with Crippen molar-refractivity contribution in [2.75, 3.05) is 13.2 Å². The molecule has 0 aliphatic heterocycles. The Labute approximate surface area is 434 Å². The topological polar surface area (TPSA) is 78.9 Å². The van der Waals surface area contributed by atoms with Crippen molar-refractivity contribution >= 4 is 17.9 Å². The molecule has 0 aliphatic carbocycles. The van der Waals surface area contributed by atoms with Crippen LogP contribution in [0.2, 0.25) is 0 Å². The number of carbonyl (C=O) groups excluding carboxylic acids is 3. The molecule has 0 spiro atoms. The van der Waals surface area contributed by atoms with Crippen LogP contribution in [0.15, 0.2) is 60.8 Å². The highest BCUT2D eigenvalue weighted by Gasteiger charge is 2.19. The third kappa shape index (κ3) is 56.0. The van der Waals surface area contributed by atoms with E-state index in [-0.39, 0.29) is 31.1 Å². The lowest BCUT2D eigenvalue weighted by Crippen LogP contribution is -2.30. The van der Waals surface area contributed by atoms with Crippen molar-refractivity contribution in [3.63, 3.8) is 0 Å². The van der Waals surface area contributed by atoms with E-state index in [2.05, 4.69) is 81.5 Å². The second-order valence-electron chi connectivity index (χ2n) is 20.2. The monoisotopic (exact) mass is 979 g/mol. The van der Waals surface area contributed by atoms with Crippen molar-refractivity contribution in [1.29, 1.82) is 0 Å². The summed E-state index contributed by atoms with van der Waals surface area (Å²) in [6.45, 7) is 6.51. The highest BCUT2D eigenvalue weighted by atomic mass is 16.6. The predicted octanol–water partition coefficient (Wildman–Crippen LogP) is 20.4. The van der Waals surface area contributed by atoms with E-state index in [1.807, 2.05) is 0 Å². The third-order valence-corrected chi connectivity index (χ3v) is 13.3. The number of unbranched alkanes of at least 4 members (excludes halogenated alkanes) is 34. The van der Waals surface area contributed by atoms with Gasteiger partial charge in [-0.3, -0.25) is 14.4 Å². The molecule has 6 heteroatoms. The molecule has 0 bridgehead atoms. The number of allylic oxidation sites excluding steroid dienone is 10. The van der Waals surface area contributed by atoms with E-state index in [1.54, 1.807) is 0 Å².